The van der Waals surface area contributed by atoms with Gasteiger partial charge in [-0.25, -0.2) is 4.79 Å². The molecule has 7 heteroatoms. The molecule has 248 valence electrons. The minimum atomic E-state index is -1.23. The van der Waals surface area contributed by atoms with E-state index in [0.717, 1.165) is 32.1 Å². The monoisotopic (exact) mass is 614 g/mol. The van der Waals surface area contributed by atoms with Crippen LogP contribution in [0.2, 0.25) is 0 Å². The van der Waals surface area contributed by atoms with Crippen LogP contribution in [0.25, 0.3) is 0 Å². The normalized spacial score (nSPS) is 47.6. The summed E-state index contributed by atoms with van der Waals surface area (Å²) in [6, 6.07) is 0. The van der Waals surface area contributed by atoms with Crippen molar-refractivity contribution >= 4 is 11.9 Å². The average molecular weight is 615 g/mol. The SMILES string of the molecule is CC=C(C)C(=O)OC1C(O)C2(COC(C)=O)C(O)CC3(C)C(=CCC4C5(C)CCC(O)C(C)(C)C5CCC43C)C2CC1(C)C. The molecule has 0 saturated heterocycles. The molecule has 0 heterocycles. The van der Waals surface area contributed by atoms with E-state index in [0.29, 0.717) is 30.3 Å². The van der Waals surface area contributed by atoms with Gasteiger partial charge in [0.25, 0.3) is 0 Å². The van der Waals surface area contributed by atoms with E-state index in [1.54, 1.807) is 19.9 Å². The van der Waals surface area contributed by atoms with Crippen molar-refractivity contribution in [2.75, 3.05) is 6.61 Å². The minimum absolute atomic E-state index is 0.0628. The quantitative estimate of drug-likeness (QED) is 0.198. The molecule has 11 atom stereocenters. The van der Waals surface area contributed by atoms with Crippen LogP contribution in [0.3, 0.4) is 0 Å². The fraction of sp³-hybridized carbons (Fsp3) is 0.838. The largest absolute Gasteiger partial charge is 0.465 e. The van der Waals surface area contributed by atoms with Crippen LogP contribution < -0.4 is 0 Å². The van der Waals surface area contributed by atoms with Crippen LogP contribution in [-0.2, 0) is 19.1 Å². The van der Waals surface area contributed by atoms with Crippen molar-refractivity contribution in [3.63, 3.8) is 0 Å². The average Bonchev–Trinajstić information content (AvgIpc) is 2.92. The first-order valence-corrected chi connectivity index (χ1v) is 17.0. The highest BCUT2D eigenvalue weighted by Crippen LogP contribution is 2.75. The van der Waals surface area contributed by atoms with E-state index in [1.807, 2.05) is 13.8 Å². The van der Waals surface area contributed by atoms with Crippen LogP contribution in [0.15, 0.2) is 23.3 Å². The second kappa shape index (κ2) is 10.7. The van der Waals surface area contributed by atoms with Crippen LogP contribution in [0.1, 0.15) is 114 Å². The van der Waals surface area contributed by atoms with Crippen LogP contribution in [-0.4, -0.2) is 58.3 Å². The predicted molar refractivity (Wildman–Crippen MR) is 169 cm³/mol. The summed E-state index contributed by atoms with van der Waals surface area (Å²) < 4.78 is 11.7. The van der Waals surface area contributed by atoms with Crippen molar-refractivity contribution in [1.82, 2.24) is 0 Å². The zero-order chi connectivity index (χ0) is 32.8. The zero-order valence-corrected chi connectivity index (χ0v) is 28.8. The van der Waals surface area contributed by atoms with E-state index < -0.39 is 41.1 Å². The van der Waals surface area contributed by atoms with E-state index in [4.69, 9.17) is 9.47 Å². The molecule has 0 spiro atoms. The number of hydrogen-bond acceptors (Lipinski definition) is 7. The van der Waals surface area contributed by atoms with Crippen molar-refractivity contribution in [2.24, 2.45) is 50.2 Å². The number of ether oxygens (including phenoxy) is 2. The molecule has 4 fully saturated rings. The summed E-state index contributed by atoms with van der Waals surface area (Å²) in [4.78, 5) is 25.2. The van der Waals surface area contributed by atoms with Gasteiger partial charge in [-0.05, 0) is 98.2 Å². The Morgan fingerprint density at radius 1 is 0.932 bits per heavy atom. The molecule has 0 aromatic carbocycles. The molecular weight excluding hydrogens is 556 g/mol. The fourth-order valence-corrected chi connectivity index (χ4v) is 11.6. The van der Waals surface area contributed by atoms with Crippen molar-refractivity contribution in [3.05, 3.63) is 23.3 Å². The number of rotatable bonds is 4. The summed E-state index contributed by atoms with van der Waals surface area (Å²) >= 11 is 0. The molecule has 0 aromatic rings. The number of carbonyl (C=O) groups is 2. The predicted octanol–water partition coefficient (Wildman–Crippen LogP) is 6.14. The molecule has 0 aliphatic heterocycles. The van der Waals surface area contributed by atoms with Gasteiger partial charge < -0.3 is 24.8 Å². The van der Waals surface area contributed by atoms with Gasteiger partial charge in [0.1, 0.15) is 18.8 Å². The third kappa shape index (κ3) is 4.45. The lowest BCUT2D eigenvalue weighted by atomic mass is 9.33. The molecule has 3 N–H and O–H groups in total. The van der Waals surface area contributed by atoms with Crippen LogP contribution >= 0.6 is 0 Å². The van der Waals surface area contributed by atoms with E-state index in [9.17, 15) is 24.9 Å². The highest BCUT2D eigenvalue weighted by Gasteiger charge is 2.73. The van der Waals surface area contributed by atoms with Crippen molar-refractivity contribution in [2.45, 2.75) is 139 Å². The van der Waals surface area contributed by atoms with Gasteiger partial charge in [-0.15, -0.1) is 0 Å². The molecule has 4 saturated carbocycles. The first-order valence-electron chi connectivity index (χ1n) is 17.0. The molecule has 7 nitrogen and oxygen atoms in total. The Hall–Kier alpha value is -1.70. The van der Waals surface area contributed by atoms with Crippen LogP contribution in [0.4, 0.5) is 0 Å². The highest BCUT2D eigenvalue weighted by atomic mass is 16.6. The summed E-state index contributed by atoms with van der Waals surface area (Å²) in [6.07, 6.45) is 6.49. The zero-order valence-electron chi connectivity index (χ0n) is 28.8. The lowest BCUT2D eigenvalue weighted by Gasteiger charge is -2.72. The third-order valence-electron chi connectivity index (χ3n) is 14.6. The molecule has 5 aliphatic carbocycles. The van der Waals surface area contributed by atoms with Gasteiger partial charge >= 0.3 is 11.9 Å². The Morgan fingerprint density at radius 3 is 2.20 bits per heavy atom. The van der Waals surface area contributed by atoms with Gasteiger partial charge in [0.05, 0.1) is 17.6 Å². The first kappa shape index (κ1) is 33.7. The smallest absolute Gasteiger partial charge is 0.333 e. The molecule has 0 amide bonds. The molecule has 0 aromatic heterocycles. The van der Waals surface area contributed by atoms with Crippen LogP contribution in [0.5, 0.6) is 0 Å². The van der Waals surface area contributed by atoms with Crippen LogP contribution in [0, 0.1) is 50.2 Å². The maximum Gasteiger partial charge on any atom is 0.333 e. The number of allylic oxidation sites excluding steroid dienone is 3. The lowest BCUT2D eigenvalue weighted by Crippen LogP contribution is -2.72. The minimum Gasteiger partial charge on any atom is -0.465 e. The van der Waals surface area contributed by atoms with Crippen molar-refractivity contribution < 1.29 is 34.4 Å². The Bertz CT molecular complexity index is 1250. The molecule has 11 unspecified atom stereocenters. The van der Waals surface area contributed by atoms with Gasteiger partial charge in [0.2, 0.25) is 0 Å². The molecular formula is C37H58O7. The number of esters is 2. The number of fused-ring (bicyclic) bond motifs is 7. The number of carbonyl (C=O) groups excluding carboxylic acids is 2. The Morgan fingerprint density at radius 2 is 1.59 bits per heavy atom. The van der Waals surface area contributed by atoms with Gasteiger partial charge in [-0.1, -0.05) is 66.2 Å². The maximum atomic E-state index is 13.0. The number of hydrogen-bond donors (Lipinski definition) is 3. The summed E-state index contributed by atoms with van der Waals surface area (Å²) in [5.41, 5.74) is -0.622. The molecule has 0 radical (unpaired) electrons. The summed E-state index contributed by atoms with van der Waals surface area (Å²) in [7, 11) is 0. The van der Waals surface area contributed by atoms with E-state index >= 15 is 0 Å². The summed E-state index contributed by atoms with van der Waals surface area (Å²) in [6.45, 7) is 20.5. The molecule has 44 heavy (non-hydrogen) atoms. The van der Waals surface area contributed by atoms with E-state index in [-0.39, 0.29) is 40.3 Å². The van der Waals surface area contributed by atoms with Gasteiger partial charge in [-0.2, -0.15) is 0 Å². The van der Waals surface area contributed by atoms with Gasteiger partial charge in [0.15, 0.2) is 0 Å². The van der Waals surface area contributed by atoms with Crippen molar-refractivity contribution in [1.29, 1.82) is 0 Å². The van der Waals surface area contributed by atoms with Gasteiger partial charge in [0, 0.05) is 17.9 Å². The first-order chi connectivity index (χ1) is 20.2. The Kier molecular flexibility index (Phi) is 8.16. The van der Waals surface area contributed by atoms with Gasteiger partial charge in [-0.3, -0.25) is 4.79 Å². The van der Waals surface area contributed by atoms with E-state index in [2.05, 4.69) is 40.7 Å². The molecule has 5 aliphatic rings. The summed E-state index contributed by atoms with van der Waals surface area (Å²) in [5.74, 6) is -0.406. The lowest BCUT2D eigenvalue weighted by molar-refractivity contribution is -0.262. The number of aliphatic hydroxyl groups is 3. The number of aliphatic hydroxyl groups excluding tert-OH is 3. The fourth-order valence-electron chi connectivity index (χ4n) is 11.6. The second-order valence-electron chi connectivity index (χ2n) is 17.3. The summed E-state index contributed by atoms with van der Waals surface area (Å²) in [5, 5.41) is 35.7. The highest BCUT2D eigenvalue weighted by molar-refractivity contribution is 5.87. The Labute approximate surface area is 264 Å². The van der Waals surface area contributed by atoms with E-state index in [1.165, 1.54) is 12.5 Å². The maximum absolute atomic E-state index is 13.0. The second-order valence-corrected chi connectivity index (χ2v) is 17.3. The standard InChI is InChI=1S/C37H58O7/c1-11-21(2)31(42)44-30-29(41)37(20-43-22(3)38)24(18-32(30,4)5)23-12-13-26-34(8)16-15-27(39)33(6,7)25(34)14-17-35(26,9)36(23,10)19-28(37)40/h11-12,24-30,39-41H,13-20H2,1-10H3. The topological polar surface area (TPSA) is 113 Å². The van der Waals surface area contributed by atoms with Crippen molar-refractivity contribution in [3.8, 4) is 0 Å². The molecule has 5 rings (SSSR count). The molecule has 0 bridgehead atoms. The Balaban J connectivity index is 1.62. The third-order valence-corrected chi connectivity index (χ3v) is 14.6.